The smallest absolute Gasteiger partial charge is 0.410 e. The molecular formula is C13H26N2O3S. The first kappa shape index (κ1) is 16.3. The van der Waals surface area contributed by atoms with Gasteiger partial charge >= 0.3 is 6.09 Å². The van der Waals surface area contributed by atoms with Crippen LogP contribution in [0.15, 0.2) is 4.36 Å². The lowest BCUT2D eigenvalue weighted by Gasteiger charge is -2.32. The molecule has 0 bridgehead atoms. The number of hydrogen-bond acceptors (Lipinski definition) is 4. The van der Waals surface area contributed by atoms with E-state index in [0.29, 0.717) is 25.6 Å². The van der Waals surface area contributed by atoms with Crippen molar-refractivity contribution in [1.82, 2.24) is 4.90 Å². The van der Waals surface area contributed by atoms with E-state index in [0.717, 1.165) is 12.8 Å². The summed E-state index contributed by atoms with van der Waals surface area (Å²) in [5, 5.41) is 0. The van der Waals surface area contributed by atoms with Crippen LogP contribution in [0.5, 0.6) is 0 Å². The first-order chi connectivity index (χ1) is 8.57. The molecule has 1 heterocycles. The summed E-state index contributed by atoms with van der Waals surface area (Å²) in [4.78, 5) is 13.6. The Labute approximate surface area is 116 Å². The number of carbonyl (C=O) groups excluding carboxylic acids is 1. The fourth-order valence-electron chi connectivity index (χ4n) is 1.91. The monoisotopic (exact) mass is 290 g/mol. The molecule has 0 atom stereocenters. The second-order valence-corrected chi connectivity index (χ2v) is 9.02. The third-order valence-electron chi connectivity index (χ3n) is 2.91. The van der Waals surface area contributed by atoms with Crippen molar-refractivity contribution >= 4 is 15.8 Å². The highest BCUT2D eigenvalue weighted by Gasteiger charge is 2.26. The fraction of sp³-hybridized carbons (Fsp3) is 0.923. The van der Waals surface area contributed by atoms with Crippen LogP contribution in [0.1, 0.15) is 33.6 Å². The summed E-state index contributed by atoms with van der Waals surface area (Å²) in [6, 6.07) is 0. The molecule has 19 heavy (non-hydrogen) atoms. The molecule has 0 saturated carbocycles. The van der Waals surface area contributed by atoms with Crippen LogP contribution in [0.4, 0.5) is 4.79 Å². The molecule has 6 heteroatoms. The summed E-state index contributed by atoms with van der Waals surface area (Å²) < 4.78 is 21.1. The fourth-order valence-corrected chi connectivity index (χ4v) is 2.48. The minimum Gasteiger partial charge on any atom is -0.444 e. The van der Waals surface area contributed by atoms with E-state index >= 15 is 0 Å². The van der Waals surface area contributed by atoms with Gasteiger partial charge in [-0.05, 0) is 39.5 Å². The van der Waals surface area contributed by atoms with Crippen LogP contribution in [0.25, 0.3) is 0 Å². The van der Waals surface area contributed by atoms with E-state index in [1.54, 1.807) is 17.4 Å². The second-order valence-electron chi connectivity index (χ2n) is 6.40. The summed E-state index contributed by atoms with van der Waals surface area (Å²) in [6.07, 6.45) is 4.88. The Kier molecular flexibility index (Phi) is 5.24. The largest absolute Gasteiger partial charge is 0.444 e. The first-order valence-corrected chi connectivity index (χ1v) is 9.01. The zero-order chi connectivity index (χ0) is 14.7. The van der Waals surface area contributed by atoms with E-state index < -0.39 is 15.3 Å². The van der Waals surface area contributed by atoms with Crippen LogP contribution in [0.3, 0.4) is 0 Å². The summed E-state index contributed by atoms with van der Waals surface area (Å²) in [5.74, 6) is 0.430. The van der Waals surface area contributed by atoms with E-state index in [-0.39, 0.29) is 6.09 Å². The highest BCUT2D eigenvalue weighted by Crippen LogP contribution is 2.20. The van der Waals surface area contributed by atoms with Gasteiger partial charge in [0.2, 0.25) is 0 Å². The molecule has 112 valence electrons. The van der Waals surface area contributed by atoms with Gasteiger partial charge in [0.1, 0.15) is 5.60 Å². The Hall–Kier alpha value is -0.780. The molecule has 0 radical (unpaired) electrons. The van der Waals surface area contributed by atoms with E-state index in [9.17, 15) is 9.00 Å². The number of piperidine rings is 1. The number of likely N-dealkylation sites (tertiary alicyclic amines) is 1. The van der Waals surface area contributed by atoms with Crippen molar-refractivity contribution < 1.29 is 13.7 Å². The van der Waals surface area contributed by atoms with Gasteiger partial charge in [-0.25, -0.2) is 9.16 Å². The molecule has 1 amide bonds. The van der Waals surface area contributed by atoms with Gasteiger partial charge < -0.3 is 9.64 Å². The Balaban J connectivity index is 2.41. The van der Waals surface area contributed by atoms with Crippen molar-refractivity contribution in [2.75, 3.05) is 32.1 Å². The summed E-state index contributed by atoms with van der Waals surface area (Å²) >= 11 is 0. The third-order valence-corrected chi connectivity index (χ3v) is 3.68. The second kappa shape index (κ2) is 6.11. The normalized spacial score (nSPS) is 18.3. The molecule has 5 nitrogen and oxygen atoms in total. The van der Waals surface area contributed by atoms with Gasteiger partial charge in [-0.15, -0.1) is 0 Å². The number of amides is 1. The third kappa shape index (κ3) is 6.80. The molecule has 1 aliphatic heterocycles. The molecule has 0 spiro atoms. The van der Waals surface area contributed by atoms with Crippen LogP contribution in [0.2, 0.25) is 0 Å². The average Bonchev–Trinajstić information content (AvgIpc) is 2.23. The van der Waals surface area contributed by atoms with Crippen molar-refractivity contribution in [2.24, 2.45) is 10.3 Å². The van der Waals surface area contributed by atoms with Crippen molar-refractivity contribution in [2.45, 2.75) is 39.2 Å². The molecule has 1 saturated heterocycles. The van der Waals surface area contributed by atoms with Crippen molar-refractivity contribution in [3.05, 3.63) is 0 Å². The Morgan fingerprint density at radius 3 is 2.26 bits per heavy atom. The van der Waals surface area contributed by atoms with Gasteiger partial charge in [-0.3, -0.25) is 4.21 Å². The van der Waals surface area contributed by atoms with Gasteiger partial charge in [0.05, 0.1) is 6.54 Å². The molecule has 0 aromatic carbocycles. The Morgan fingerprint density at radius 2 is 1.84 bits per heavy atom. The molecule has 0 aromatic rings. The minimum atomic E-state index is -2.01. The average molecular weight is 290 g/mol. The van der Waals surface area contributed by atoms with Gasteiger partial charge in [0.15, 0.2) is 0 Å². The summed E-state index contributed by atoms with van der Waals surface area (Å²) in [5.41, 5.74) is -0.445. The molecule has 1 fully saturated rings. The standard InChI is InChI=1S/C13H26N2O3S/c1-13(2,3)18-12(16)15-8-6-11(7-9-15)10-14-19(4,5)17/h11H,6-10H2,1-5H3. The van der Waals surface area contributed by atoms with E-state index in [4.69, 9.17) is 4.74 Å². The Morgan fingerprint density at radius 1 is 1.32 bits per heavy atom. The van der Waals surface area contributed by atoms with Crippen LogP contribution in [-0.2, 0) is 14.5 Å². The highest BCUT2D eigenvalue weighted by molar-refractivity contribution is 7.92. The van der Waals surface area contributed by atoms with Gasteiger partial charge in [0, 0.05) is 35.3 Å². The summed E-state index contributed by atoms with van der Waals surface area (Å²) in [6.45, 7) is 7.64. The van der Waals surface area contributed by atoms with Gasteiger partial charge in [-0.1, -0.05) is 0 Å². The molecule has 0 N–H and O–H groups in total. The van der Waals surface area contributed by atoms with Crippen LogP contribution >= 0.6 is 0 Å². The maximum absolute atomic E-state index is 11.9. The zero-order valence-electron chi connectivity index (χ0n) is 12.6. The molecule has 0 aromatic heterocycles. The van der Waals surface area contributed by atoms with Gasteiger partial charge in [-0.2, -0.15) is 0 Å². The topological polar surface area (TPSA) is 59.0 Å². The Bertz CT molecular complexity index is 418. The van der Waals surface area contributed by atoms with Crippen molar-refractivity contribution in [3.8, 4) is 0 Å². The van der Waals surface area contributed by atoms with E-state index in [2.05, 4.69) is 4.36 Å². The predicted molar refractivity (Wildman–Crippen MR) is 77.8 cm³/mol. The van der Waals surface area contributed by atoms with Crippen LogP contribution in [-0.4, -0.2) is 52.9 Å². The SMILES string of the molecule is CC(C)(C)OC(=O)N1CCC(CN=S(C)(C)=O)CC1. The number of ether oxygens (including phenoxy) is 1. The van der Waals surface area contributed by atoms with E-state index in [1.807, 2.05) is 20.8 Å². The first-order valence-electron chi connectivity index (χ1n) is 6.68. The highest BCUT2D eigenvalue weighted by atomic mass is 32.2. The number of hydrogen-bond donors (Lipinski definition) is 0. The zero-order valence-corrected chi connectivity index (χ0v) is 13.5. The quantitative estimate of drug-likeness (QED) is 0.784. The summed E-state index contributed by atoms with van der Waals surface area (Å²) in [7, 11) is -2.01. The maximum atomic E-state index is 11.9. The lowest BCUT2D eigenvalue weighted by molar-refractivity contribution is 0.0187. The molecule has 0 unspecified atom stereocenters. The molecule has 1 rings (SSSR count). The lowest BCUT2D eigenvalue weighted by Crippen LogP contribution is -2.42. The predicted octanol–water partition coefficient (Wildman–Crippen LogP) is 2.36. The van der Waals surface area contributed by atoms with Crippen LogP contribution in [0, 0.1) is 5.92 Å². The van der Waals surface area contributed by atoms with Crippen molar-refractivity contribution in [3.63, 3.8) is 0 Å². The minimum absolute atomic E-state index is 0.238. The number of nitrogens with zero attached hydrogens (tertiary/aromatic N) is 2. The molecule has 0 aliphatic carbocycles. The molecule has 1 aliphatic rings. The van der Waals surface area contributed by atoms with Crippen LogP contribution < -0.4 is 0 Å². The number of rotatable bonds is 2. The maximum Gasteiger partial charge on any atom is 0.410 e. The van der Waals surface area contributed by atoms with Gasteiger partial charge in [0.25, 0.3) is 0 Å². The van der Waals surface area contributed by atoms with Crippen molar-refractivity contribution in [1.29, 1.82) is 0 Å². The number of carbonyl (C=O) groups is 1. The lowest BCUT2D eigenvalue weighted by atomic mass is 9.97. The molecular weight excluding hydrogens is 264 g/mol. The van der Waals surface area contributed by atoms with E-state index in [1.165, 1.54) is 0 Å².